The summed E-state index contributed by atoms with van der Waals surface area (Å²) in [5.74, 6) is -0.728. The first-order chi connectivity index (χ1) is 14.5. The number of carbonyl (C=O) groups is 1. The molecule has 2 heterocycles. The molecule has 0 saturated carbocycles. The van der Waals surface area contributed by atoms with Crippen LogP contribution in [0.1, 0.15) is 50.4 Å². The maximum Gasteiger partial charge on any atom is 0.317 e. The summed E-state index contributed by atoms with van der Waals surface area (Å²) in [4.78, 5) is 14.9. The number of benzene rings is 2. The van der Waals surface area contributed by atoms with E-state index in [0.717, 1.165) is 16.8 Å². The zero-order valence-corrected chi connectivity index (χ0v) is 19.5. The van der Waals surface area contributed by atoms with Crippen LogP contribution in [-0.2, 0) is 14.9 Å². The molecule has 1 saturated heterocycles. The summed E-state index contributed by atoms with van der Waals surface area (Å²) in [6, 6.07) is 11.0. The first-order valence-electron chi connectivity index (χ1n) is 10.3. The van der Waals surface area contributed by atoms with Crippen molar-refractivity contribution in [2.24, 2.45) is 5.92 Å². The van der Waals surface area contributed by atoms with Crippen LogP contribution in [0, 0.1) is 12.8 Å². The summed E-state index contributed by atoms with van der Waals surface area (Å²) < 4.78 is 11.7. The molecule has 0 unspecified atom stereocenters. The lowest BCUT2D eigenvalue weighted by atomic mass is 9.76. The summed E-state index contributed by atoms with van der Waals surface area (Å²) in [5.41, 5.74) is 2.05. The molecule has 2 aromatic rings. The number of thiocarbonyl (C=S) groups is 1. The van der Waals surface area contributed by atoms with Crippen LogP contribution in [0.3, 0.4) is 0 Å². The average Bonchev–Trinajstić information content (AvgIpc) is 2.68. The Morgan fingerprint density at radius 2 is 1.97 bits per heavy atom. The highest BCUT2D eigenvalue weighted by Gasteiger charge is 2.60. The summed E-state index contributed by atoms with van der Waals surface area (Å²) in [6.07, 6.45) is 0. The van der Waals surface area contributed by atoms with Crippen LogP contribution in [0.15, 0.2) is 36.4 Å². The smallest absolute Gasteiger partial charge is 0.317 e. The SMILES string of the molecule is COC(=O)[C@H]1[C@H]2NC(=S)N(c3ccccc3C)[C@@]1(C)Oc1c(O)cc(C(C)(C)C)cc12. The Labute approximate surface area is 188 Å². The molecule has 3 atom stereocenters. The van der Waals surface area contributed by atoms with Gasteiger partial charge in [-0.1, -0.05) is 39.0 Å². The standard InChI is InChI=1S/C24H28N2O4S/c1-13-9-7-8-10-16(13)26-22(31)25-19-15-11-14(23(2,3)4)12-17(27)20(15)30-24(26,5)18(19)21(28)29-6/h7-12,18-19,27H,1-6H3,(H,25,31)/t18-,19+,24+/m1/s1. The maximum atomic E-state index is 13.1. The zero-order valence-electron chi connectivity index (χ0n) is 18.6. The van der Waals surface area contributed by atoms with Gasteiger partial charge in [-0.15, -0.1) is 0 Å². The molecule has 2 aliphatic heterocycles. The van der Waals surface area contributed by atoms with E-state index in [2.05, 4.69) is 26.1 Å². The van der Waals surface area contributed by atoms with Crippen molar-refractivity contribution in [3.8, 4) is 11.5 Å². The Hall–Kier alpha value is -2.80. The Morgan fingerprint density at radius 1 is 1.29 bits per heavy atom. The van der Waals surface area contributed by atoms with Gasteiger partial charge < -0.3 is 19.9 Å². The number of rotatable bonds is 2. The number of methoxy groups -OCH3 is 1. The lowest BCUT2D eigenvalue weighted by molar-refractivity contribution is -0.157. The van der Waals surface area contributed by atoms with E-state index < -0.39 is 23.7 Å². The van der Waals surface area contributed by atoms with E-state index in [1.165, 1.54) is 7.11 Å². The number of anilines is 1. The van der Waals surface area contributed by atoms with Gasteiger partial charge in [-0.2, -0.15) is 0 Å². The van der Waals surface area contributed by atoms with E-state index in [9.17, 15) is 9.90 Å². The van der Waals surface area contributed by atoms with Gasteiger partial charge in [0.2, 0.25) is 5.72 Å². The van der Waals surface area contributed by atoms with Crippen molar-refractivity contribution in [2.75, 3.05) is 12.0 Å². The number of aryl methyl sites for hydroxylation is 1. The molecule has 2 bridgehead atoms. The minimum atomic E-state index is -1.19. The molecule has 164 valence electrons. The van der Waals surface area contributed by atoms with E-state index in [0.29, 0.717) is 16.4 Å². The molecule has 4 rings (SSSR count). The normalized spacial score (nSPS) is 24.7. The average molecular weight is 441 g/mol. The van der Waals surface area contributed by atoms with E-state index >= 15 is 0 Å². The maximum absolute atomic E-state index is 13.1. The molecule has 0 aromatic heterocycles. The molecule has 6 nitrogen and oxygen atoms in total. The summed E-state index contributed by atoms with van der Waals surface area (Å²) in [6.45, 7) is 10.0. The number of hydrogen-bond donors (Lipinski definition) is 2. The fourth-order valence-electron chi connectivity index (χ4n) is 4.56. The van der Waals surface area contributed by atoms with Crippen molar-refractivity contribution >= 4 is 29.0 Å². The lowest BCUT2D eigenvalue weighted by Crippen LogP contribution is -2.71. The third-order valence-electron chi connectivity index (χ3n) is 6.26. The number of aromatic hydroxyl groups is 1. The molecular formula is C24H28N2O4S. The van der Waals surface area contributed by atoms with Crippen molar-refractivity contribution in [1.82, 2.24) is 5.32 Å². The van der Waals surface area contributed by atoms with Gasteiger partial charge in [-0.25, -0.2) is 0 Å². The minimum absolute atomic E-state index is 0.0429. The largest absolute Gasteiger partial charge is 0.504 e. The minimum Gasteiger partial charge on any atom is -0.504 e. The van der Waals surface area contributed by atoms with Crippen LogP contribution in [-0.4, -0.2) is 29.0 Å². The van der Waals surface area contributed by atoms with Crippen LogP contribution in [0.2, 0.25) is 0 Å². The van der Waals surface area contributed by atoms with Gasteiger partial charge >= 0.3 is 5.97 Å². The van der Waals surface area contributed by atoms with Gasteiger partial charge in [0.25, 0.3) is 0 Å². The number of hydrogen-bond acceptors (Lipinski definition) is 5. The molecule has 1 fully saturated rings. The van der Waals surface area contributed by atoms with Gasteiger partial charge in [0.1, 0.15) is 5.92 Å². The summed E-state index contributed by atoms with van der Waals surface area (Å²) in [7, 11) is 1.37. The van der Waals surface area contributed by atoms with Crippen LogP contribution in [0.4, 0.5) is 5.69 Å². The second-order valence-electron chi connectivity index (χ2n) is 9.37. The Kier molecular flexibility index (Phi) is 4.92. The molecule has 0 aliphatic carbocycles. The van der Waals surface area contributed by atoms with Gasteiger partial charge in [-0.3, -0.25) is 9.69 Å². The second kappa shape index (κ2) is 7.12. The first-order valence-corrected chi connectivity index (χ1v) is 10.7. The number of carbonyl (C=O) groups excluding carboxylic acids is 1. The molecule has 2 aliphatic rings. The molecular weight excluding hydrogens is 412 g/mol. The van der Waals surface area contributed by atoms with E-state index in [-0.39, 0.29) is 11.2 Å². The van der Waals surface area contributed by atoms with Crippen molar-refractivity contribution in [3.63, 3.8) is 0 Å². The van der Waals surface area contributed by atoms with Gasteiger partial charge in [0.05, 0.1) is 13.2 Å². The van der Waals surface area contributed by atoms with Gasteiger partial charge in [-0.05, 0) is 60.8 Å². The van der Waals surface area contributed by atoms with Crippen molar-refractivity contribution in [1.29, 1.82) is 0 Å². The van der Waals surface area contributed by atoms with Gasteiger partial charge in [0.15, 0.2) is 16.6 Å². The van der Waals surface area contributed by atoms with Crippen LogP contribution in [0.25, 0.3) is 0 Å². The van der Waals surface area contributed by atoms with E-state index in [1.807, 2.05) is 49.1 Å². The number of esters is 1. The molecule has 0 radical (unpaired) electrons. The number of nitrogens with one attached hydrogen (secondary N) is 1. The molecule has 0 amide bonds. The van der Waals surface area contributed by atoms with Gasteiger partial charge in [0, 0.05) is 11.3 Å². The molecule has 0 spiro atoms. The van der Waals surface area contributed by atoms with Crippen molar-refractivity contribution in [2.45, 2.75) is 51.8 Å². The summed E-state index contributed by atoms with van der Waals surface area (Å²) >= 11 is 5.76. The molecule has 2 aromatic carbocycles. The highest BCUT2D eigenvalue weighted by Crippen LogP contribution is 2.53. The number of phenols is 1. The van der Waals surface area contributed by atoms with Crippen LogP contribution < -0.4 is 15.0 Å². The highest BCUT2D eigenvalue weighted by molar-refractivity contribution is 7.80. The van der Waals surface area contributed by atoms with Crippen molar-refractivity contribution in [3.05, 3.63) is 53.1 Å². The van der Waals surface area contributed by atoms with E-state index in [4.69, 9.17) is 21.7 Å². The Bertz CT molecular complexity index is 1080. The first kappa shape index (κ1) is 21.4. The summed E-state index contributed by atoms with van der Waals surface area (Å²) in [5, 5.41) is 14.7. The number of ether oxygens (including phenoxy) is 2. The monoisotopic (exact) mass is 440 g/mol. The number of para-hydroxylation sites is 1. The lowest BCUT2D eigenvalue weighted by Gasteiger charge is -2.55. The highest BCUT2D eigenvalue weighted by atomic mass is 32.1. The molecule has 2 N–H and O–H groups in total. The number of fused-ring (bicyclic) bond motifs is 4. The fourth-order valence-corrected chi connectivity index (χ4v) is 4.97. The second-order valence-corrected chi connectivity index (χ2v) is 9.76. The van der Waals surface area contributed by atoms with Crippen molar-refractivity contribution < 1.29 is 19.4 Å². The van der Waals surface area contributed by atoms with E-state index in [1.54, 1.807) is 6.07 Å². The number of nitrogens with zero attached hydrogens (tertiary/aromatic N) is 1. The predicted molar refractivity (Wildman–Crippen MR) is 123 cm³/mol. The van der Waals surface area contributed by atoms with Crippen LogP contribution in [0.5, 0.6) is 11.5 Å². The number of phenolic OH excluding ortho intramolecular Hbond substituents is 1. The fraction of sp³-hybridized carbons (Fsp3) is 0.417. The third kappa shape index (κ3) is 3.22. The topological polar surface area (TPSA) is 71.0 Å². The quantitative estimate of drug-likeness (QED) is 0.532. The zero-order chi connectivity index (χ0) is 22.7. The Balaban J connectivity index is 1.96. The predicted octanol–water partition coefficient (Wildman–Crippen LogP) is 4.33. The molecule has 31 heavy (non-hydrogen) atoms. The van der Waals surface area contributed by atoms with Crippen LogP contribution >= 0.6 is 12.2 Å². The third-order valence-corrected chi connectivity index (χ3v) is 6.56. The molecule has 7 heteroatoms. The Morgan fingerprint density at radius 3 is 2.58 bits per heavy atom.